The Labute approximate surface area is 118 Å². The Hall–Kier alpha value is -0.980. The zero-order chi connectivity index (χ0) is 13.8. The van der Waals surface area contributed by atoms with Gasteiger partial charge in [-0.15, -0.1) is 0 Å². The molecule has 1 saturated carbocycles. The number of aryl methyl sites for hydroxylation is 1. The zero-order valence-corrected chi connectivity index (χ0v) is 13.0. The highest BCUT2D eigenvalue weighted by Crippen LogP contribution is 2.29. The van der Waals surface area contributed by atoms with Gasteiger partial charge in [0.25, 0.3) is 0 Å². The quantitative estimate of drug-likeness (QED) is 0.767. The van der Waals surface area contributed by atoms with Gasteiger partial charge in [-0.25, -0.2) is 0 Å². The predicted octanol–water partition coefficient (Wildman–Crippen LogP) is 5.36. The third-order valence-electron chi connectivity index (χ3n) is 4.61. The minimum absolute atomic E-state index is 0.623. The third kappa shape index (κ3) is 3.52. The highest BCUT2D eigenvalue weighted by molar-refractivity contribution is 5.50. The van der Waals surface area contributed by atoms with Crippen LogP contribution in [0.1, 0.15) is 70.4 Å². The van der Waals surface area contributed by atoms with E-state index >= 15 is 0 Å². The fourth-order valence-electron chi connectivity index (χ4n) is 3.31. The molecule has 0 spiro atoms. The van der Waals surface area contributed by atoms with Crippen LogP contribution >= 0.6 is 0 Å². The van der Waals surface area contributed by atoms with Gasteiger partial charge in [-0.05, 0) is 54.4 Å². The van der Waals surface area contributed by atoms with E-state index in [1.54, 1.807) is 0 Å². The summed E-state index contributed by atoms with van der Waals surface area (Å²) in [4.78, 5) is 0. The first-order valence-corrected chi connectivity index (χ1v) is 8.01. The second kappa shape index (κ2) is 6.45. The first-order valence-electron chi connectivity index (χ1n) is 8.01. The van der Waals surface area contributed by atoms with Crippen LogP contribution in [0.5, 0.6) is 0 Å². The highest BCUT2D eigenvalue weighted by Gasteiger charge is 2.21. The number of nitrogens with one attached hydrogen (secondary N) is 1. The van der Waals surface area contributed by atoms with Gasteiger partial charge in [-0.1, -0.05) is 46.6 Å². The lowest BCUT2D eigenvalue weighted by molar-refractivity contribution is 0.349. The first-order chi connectivity index (χ1) is 9.11. The molecule has 0 heterocycles. The minimum Gasteiger partial charge on any atom is -0.382 e. The van der Waals surface area contributed by atoms with Crippen LogP contribution in [0.25, 0.3) is 0 Å². The molecule has 0 saturated heterocycles. The van der Waals surface area contributed by atoms with Crippen molar-refractivity contribution in [1.82, 2.24) is 0 Å². The lowest BCUT2D eigenvalue weighted by Crippen LogP contribution is -2.30. The number of hydrogen-bond donors (Lipinski definition) is 1. The summed E-state index contributed by atoms with van der Waals surface area (Å²) in [5, 5.41) is 3.77. The molecule has 2 unspecified atom stereocenters. The number of benzene rings is 1. The van der Waals surface area contributed by atoms with Crippen LogP contribution in [0.4, 0.5) is 5.69 Å². The van der Waals surface area contributed by atoms with E-state index in [4.69, 9.17) is 0 Å². The normalized spacial score (nSPS) is 23.6. The van der Waals surface area contributed by atoms with Crippen molar-refractivity contribution in [3.63, 3.8) is 0 Å². The smallest absolute Gasteiger partial charge is 0.0345 e. The topological polar surface area (TPSA) is 12.0 Å². The van der Waals surface area contributed by atoms with E-state index in [-0.39, 0.29) is 0 Å². The Morgan fingerprint density at radius 3 is 2.58 bits per heavy atom. The van der Waals surface area contributed by atoms with Crippen molar-refractivity contribution >= 4 is 5.69 Å². The summed E-state index contributed by atoms with van der Waals surface area (Å²) < 4.78 is 0. The van der Waals surface area contributed by atoms with E-state index in [2.05, 4.69) is 51.2 Å². The maximum atomic E-state index is 3.77. The van der Waals surface area contributed by atoms with Gasteiger partial charge in [0.2, 0.25) is 0 Å². The Morgan fingerprint density at radius 1 is 1.21 bits per heavy atom. The molecule has 2 atom stereocenters. The van der Waals surface area contributed by atoms with Crippen molar-refractivity contribution in [2.45, 2.75) is 71.8 Å². The highest BCUT2D eigenvalue weighted by atomic mass is 14.9. The number of anilines is 1. The maximum Gasteiger partial charge on any atom is 0.0345 e. The molecule has 2 rings (SSSR count). The molecule has 106 valence electrons. The first kappa shape index (κ1) is 14.4. The molecule has 0 radical (unpaired) electrons. The molecular formula is C18H29N. The lowest BCUT2D eigenvalue weighted by Gasteiger charge is -2.30. The molecule has 0 amide bonds. The second-order valence-corrected chi connectivity index (χ2v) is 6.43. The van der Waals surface area contributed by atoms with Crippen LogP contribution in [-0.2, 0) is 6.42 Å². The van der Waals surface area contributed by atoms with Crippen molar-refractivity contribution in [3.8, 4) is 0 Å². The van der Waals surface area contributed by atoms with Crippen LogP contribution in [0.2, 0.25) is 0 Å². The molecule has 0 aliphatic heterocycles. The van der Waals surface area contributed by atoms with Crippen LogP contribution < -0.4 is 5.32 Å². The Kier molecular flexibility index (Phi) is 4.90. The van der Waals surface area contributed by atoms with Gasteiger partial charge < -0.3 is 5.32 Å². The Balaban J connectivity index is 2.12. The van der Waals surface area contributed by atoms with E-state index < -0.39 is 0 Å². The van der Waals surface area contributed by atoms with Crippen molar-refractivity contribution in [1.29, 1.82) is 0 Å². The van der Waals surface area contributed by atoms with Gasteiger partial charge in [0.15, 0.2) is 0 Å². The lowest BCUT2D eigenvalue weighted by atomic mass is 9.85. The van der Waals surface area contributed by atoms with Crippen molar-refractivity contribution in [3.05, 3.63) is 29.3 Å². The summed E-state index contributed by atoms with van der Waals surface area (Å²) in [6, 6.07) is 7.63. The van der Waals surface area contributed by atoms with E-state index in [0.717, 1.165) is 12.3 Å². The van der Waals surface area contributed by atoms with Crippen LogP contribution in [-0.4, -0.2) is 6.04 Å². The molecule has 0 bridgehead atoms. The van der Waals surface area contributed by atoms with Gasteiger partial charge >= 0.3 is 0 Å². The number of hydrogen-bond acceptors (Lipinski definition) is 1. The average Bonchev–Trinajstić information content (AvgIpc) is 2.41. The fourth-order valence-corrected chi connectivity index (χ4v) is 3.31. The molecule has 1 aliphatic rings. The fraction of sp³-hybridized carbons (Fsp3) is 0.667. The third-order valence-corrected chi connectivity index (χ3v) is 4.61. The predicted molar refractivity (Wildman–Crippen MR) is 85.0 cm³/mol. The van der Waals surface area contributed by atoms with E-state index in [1.165, 1.54) is 42.5 Å². The molecule has 1 aromatic carbocycles. The standard InChI is InChI=1S/C18H29N/c1-5-15-12-16(10-11-17(15)13(2)3)19-18-9-7-6-8-14(18)4/h10-14,18-19H,5-9H2,1-4H3. The molecule has 0 aromatic heterocycles. The second-order valence-electron chi connectivity index (χ2n) is 6.43. The molecule has 19 heavy (non-hydrogen) atoms. The summed E-state index contributed by atoms with van der Waals surface area (Å²) in [6.45, 7) is 9.21. The molecule has 1 fully saturated rings. The van der Waals surface area contributed by atoms with Gasteiger partial charge in [0.1, 0.15) is 0 Å². The monoisotopic (exact) mass is 259 g/mol. The van der Waals surface area contributed by atoms with Crippen LogP contribution in [0.3, 0.4) is 0 Å². The largest absolute Gasteiger partial charge is 0.382 e. The summed E-state index contributed by atoms with van der Waals surface area (Å²) in [5.74, 6) is 1.43. The molecule has 1 aliphatic carbocycles. The molecule has 1 nitrogen and oxygen atoms in total. The van der Waals surface area contributed by atoms with E-state index in [1.807, 2.05) is 0 Å². The molecule has 1 N–H and O–H groups in total. The SMILES string of the molecule is CCc1cc(NC2CCCCC2C)ccc1C(C)C. The van der Waals surface area contributed by atoms with Crippen LogP contribution in [0, 0.1) is 5.92 Å². The molecule has 1 heteroatoms. The van der Waals surface area contributed by atoms with Gasteiger partial charge in [0, 0.05) is 11.7 Å². The molecule has 1 aromatic rings. The van der Waals surface area contributed by atoms with Gasteiger partial charge in [-0.3, -0.25) is 0 Å². The van der Waals surface area contributed by atoms with Crippen LogP contribution in [0.15, 0.2) is 18.2 Å². The van der Waals surface area contributed by atoms with Crippen molar-refractivity contribution < 1.29 is 0 Å². The summed E-state index contributed by atoms with van der Waals surface area (Å²) in [7, 11) is 0. The van der Waals surface area contributed by atoms with E-state index in [0.29, 0.717) is 12.0 Å². The summed E-state index contributed by atoms with van der Waals surface area (Å²) >= 11 is 0. The maximum absolute atomic E-state index is 3.77. The van der Waals surface area contributed by atoms with Gasteiger partial charge in [-0.2, -0.15) is 0 Å². The Bertz CT molecular complexity index is 408. The number of rotatable bonds is 4. The van der Waals surface area contributed by atoms with Crippen molar-refractivity contribution in [2.75, 3.05) is 5.32 Å². The molecular weight excluding hydrogens is 230 g/mol. The summed E-state index contributed by atoms with van der Waals surface area (Å²) in [6.07, 6.45) is 6.62. The van der Waals surface area contributed by atoms with Crippen molar-refractivity contribution in [2.24, 2.45) is 5.92 Å². The average molecular weight is 259 g/mol. The summed E-state index contributed by atoms with van der Waals surface area (Å²) in [5.41, 5.74) is 4.33. The van der Waals surface area contributed by atoms with E-state index in [9.17, 15) is 0 Å². The minimum atomic E-state index is 0.623. The van der Waals surface area contributed by atoms with Gasteiger partial charge in [0.05, 0.1) is 0 Å². The zero-order valence-electron chi connectivity index (χ0n) is 13.0. The Morgan fingerprint density at radius 2 is 1.95 bits per heavy atom.